The van der Waals surface area contributed by atoms with Gasteiger partial charge in [0.05, 0.1) is 5.69 Å². The minimum Gasteiger partial charge on any atom is -0.354 e. The van der Waals surface area contributed by atoms with Crippen LogP contribution in [-0.4, -0.2) is 79.1 Å². The summed E-state index contributed by atoms with van der Waals surface area (Å²) in [5.41, 5.74) is 0.746. The van der Waals surface area contributed by atoms with Crippen LogP contribution in [0.25, 0.3) is 0 Å². The van der Waals surface area contributed by atoms with E-state index in [9.17, 15) is 13.6 Å². The lowest BCUT2D eigenvalue weighted by atomic mass is 10.1. The molecule has 1 saturated carbocycles. The van der Waals surface area contributed by atoms with Gasteiger partial charge in [0, 0.05) is 77.5 Å². The second kappa shape index (κ2) is 8.42. The summed E-state index contributed by atoms with van der Waals surface area (Å²) in [7, 11) is 1.70. The Bertz CT molecular complexity index is 707. The van der Waals surface area contributed by atoms with Crippen molar-refractivity contribution in [2.24, 2.45) is 0 Å². The van der Waals surface area contributed by atoms with Crippen LogP contribution < -0.4 is 9.80 Å². The van der Waals surface area contributed by atoms with Gasteiger partial charge in [0.1, 0.15) is 5.82 Å². The van der Waals surface area contributed by atoms with Crippen LogP contribution in [-0.2, 0) is 0 Å². The number of pyridine rings is 1. The maximum absolute atomic E-state index is 13.4. The zero-order chi connectivity index (χ0) is 20.4. The number of aromatic nitrogens is 1. The molecule has 0 atom stereocenters. The Kier molecular flexibility index (Phi) is 5.90. The van der Waals surface area contributed by atoms with Gasteiger partial charge in [-0.1, -0.05) is 12.8 Å². The van der Waals surface area contributed by atoms with Crippen molar-refractivity contribution < 1.29 is 13.6 Å². The van der Waals surface area contributed by atoms with E-state index in [0.29, 0.717) is 0 Å². The summed E-state index contributed by atoms with van der Waals surface area (Å²) in [6.45, 7) is 4.16. The van der Waals surface area contributed by atoms with Gasteiger partial charge in [-0.3, -0.25) is 9.80 Å². The molecule has 2 amide bonds. The number of nitrogens with zero attached hydrogens (tertiary/aromatic N) is 5. The molecule has 29 heavy (non-hydrogen) atoms. The molecule has 0 bridgehead atoms. The molecule has 0 N–H and O–H groups in total. The van der Waals surface area contributed by atoms with Crippen LogP contribution >= 0.6 is 0 Å². The number of carbonyl (C=O) groups is 1. The highest BCUT2D eigenvalue weighted by Crippen LogP contribution is 2.29. The largest absolute Gasteiger partial charge is 0.354 e. The number of halogens is 2. The normalized spacial score (nSPS) is 23.4. The molecule has 3 aliphatic rings. The molecule has 160 valence electrons. The number of likely N-dealkylation sites (tertiary alicyclic amines) is 1. The third-order valence-electron chi connectivity index (χ3n) is 6.65. The fourth-order valence-corrected chi connectivity index (χ4v) is 4.72. The van der Waals surface area contributed by atoms with Gasteiger partial charge in [0.2, 0.25) is 0 Å². The number of anilines is 2. The summed E-state index contributed by atoms with van der Waals surface area (Å²) in [5, 5.41) is 0. The second-order valence-electron chi connectivity index (χ2n) is 8.52. The first-order valence-electron chi connectivity index (χ1n) is 10.8. The maximum Gasteiger partial charge on any atom is 0.324 e. The predicted molar refractivity (Wildman–Crippen MR) is 110 cm³/mol. The summed E-state index contributed by atoms with van der Waals surface area (Å²) >= 11 is 0. The van der Waals surface area contributed by atoms with E-state index in [1.807, 2.05) is 6.07 Å². The molecule has 8 heteroatoms. The molecule has 3 heterocycles. The van der Waals surface area contributed by atoms with E-state index in [-0.39, 0.29) is 32.0 Å². The first-order chi connectivity index (χ1) is 13.9. The Hall–Kier alpha value is -1.96. The van der Waals surface area contributed by atoms with Gasteiger partial charge in [-0.15, -0.1) is 0 Å². The molecule has 2 saturated heterocycles. The molecule has 0 aromatic carbocycles. The summed E-state index contributed by atoms with van der Waals surface area (Å²) in [6.07, 6.45) is 6.54. The average molecular weight is 408 g/mol. The standard InChI is InChI=1S/C21H31F2N5O/c1-25(20(29)28-10-7-21(22,23)8-11-28)18-6-9-24-19(16-18)27-14-12-26(13-15-27)17-4-2-3-5-17/h6,9,16-17H,2-5,7-8,10-15H2,1H3. The molecule has 0 unspecified atom stereocenters. The molecule has 0 radical (unpaired) electrons. The van der Waals surface area contributed by atoms with Crippen LogP contribution in [0.1, 0.15) is 38.5 Å². The quantitative estimate of drug-likeness (QED) is 0.770. The second-order valence-corrected chi connectivity index (χ2v) is 8.52. The van der Waals surface area contributed by atoms with Crippen LogP contribution in [0.5, 0.6) is 0 Å². The monoisotopic (exact) mass is 407 g/mol. The Morgan fingerprint density at radius 3 is 2.41 bits per heavy atom. The summed E-state index contributed by atoms with van der Waals surface area (Å²) in [6, 6.07) is 4.25. The first-order valence-corrected chi connectivity index (χ1v) is 10.8. The number of alkyl halides is 2. The fourth-order valence-electron chi connectivity index (χ4n) is 4.72. The smallest absolute Gasteiger partial charge is 0.324 e. The molecular formula is C21H31F2N5O. The van der Waals surface area contributed by atoms with Crippen molar-refractivity contribution >= 4 is 17.5 Å². The molecule has 3 fully saturated rings. The zero-order valence-electron chi connectivity index (χ0n) is 17.2. The van der Waals surface area contributed by atoms with Crippen molar-refractivity contribution in [2.75, 3.05) is 56.1 Å². The van der Waals surface area contributed by atoms with Gasteiger partial charge in [-0.05, 0) is 18.9 Å². The van der Waals surface area contributed by atoms with Crippen molar-refractivity contribution in [3.63, 3.8) is 0 Å². The Balaban J connectivity index is 1.36. The minimum absolute atomic E-state index is 0.0945. The minimum atomic E-state index is -2.65. The van der Waals surface area contributed by atoms with Crippen molar-refractivity contribution in [3.8, 4) is 0 Å². The van der Waals surface area contributed by atoms with Gasteiger partial charge in [-0.2, -0.15) is 0 Å². The molecular weight excluding hydrogens is 376 g/mol. The van der Waals surface area contributed by atoms with Gasteiger partial charge in [-0.25, -0.2) is 18.6 Å². The van der Waals surface area contributed by atoms with Gasteiger partial charge in [0.25, 0.3) is 5.92 Å². The van der Waals surface area contributed by atoms with E-state index in [4.69, 9.17) is 0 Å². The highest BCUT2D eigenvalue weighted by Gasteiger charge is 2.36. The lowest BCUT2D eigenvalue weighted by Crippen LogP contribution is -2.50. The Morgan fingerprint density at radius 2 is 1.76 bits per heavy atom. The van der Waals surface area contributed by atoms with E-state index in [2.05, 4.69) is 14.8 Å². The SMILES string of the molecule is CN(C(=O)N1CCC(F)(F)CC1)c1ccnc(N2CCN(C3CCCC3)CC2)c1. The van der Waals surface area contributed by atoms with E-state index < -0.39 is 5.92 Å². The van der Waals surface area contributed by atoms with Gasteiger partial charge >= 0.3 is 6.03 Å². The molecule has 4 rings (SSSR count). The predicted octanol–water partition coefficient (Wildman–Crippen LogP) is 3.43. The number of hydrogen-bond donors (Lipinski definition) is 0. The van der Waals surface area contributed by atoms with Gasteiger partial charge in [0.15, 0.2) is 0 Å². The topological polar surface area (TPSA) is 42.9 Å². The molecule has 6 nitrogen and oxygen atoms in total. The van der Waals surface area contributed by atoms with E-state index in [0.717, 1.165) is 43.7 Å². The highest BCUT2D eigenvalue weighted by atomic mass is 19.3. The number of piperazine rings is 1. The number of rotatable bonds is 3. The van der Waals surface area contributed by atoms with Crippen molar-refractivity contribution in [3.05, 3.63) is 18.3 Å². The first kappa shape index (κ1) is 20.3. The van der Waals surface area contributed by atoms with Crippen LogP contribution in [0, 0.1) is 0 Å². The summed E-state index contributed by atoms with van der Waals surface area (Å²) in [4.78, 5) is 25.2. The Morgan fingerprint density at radius 1 is 1.10 bits per heavy atom. The number of piperidine rings is 1. The van der Waals surface area contributed by atoms with Crippen LogP contribution in [0.15, 0.2) is 18.3 Å². The van der Waals surface area contributed by atoms with Crippen LogP contribution in [0.4, 0.5) is 25.1 Å². The van der Waals surface area contributed by atoms with E-state index in [1.54, 1.807) is 24.2 Å². The van der Waals surface area contributed by atoms with Crippen molar-refractivity contribution in [1.29, 1.82) is 0 Å². The molecule has 1 aromatic rings. The Labute approximate surface area is 171 Å². The summed E-state index contributed by atoms with van der Waals surface area (Å²) in [5.74, 6) is -1.78. The van der Waals surface area contributed by atoms with E-state index >= 15 is 0 Å². The molecule has 1 aromatic heterocycles. The molecule has 2 aliphatic heterocycles. The van der Waals surface area contributed by atoms with E-state index in [1.165, 1.54) is 30.6 Å². The van der Waals surface area contributed by atoms with Crippen molar-refractivity contribution in [2.45, 2.75) is 50.5 Å². The number of urea groups is 1. The third kappa shape index (κ3) is 4.63. The number of hydrogen-bond acceptors (Lipinski definition) is 4. The van der Waals surface area contributed by atoms with Gasteiger partial charge < -0.3 is 9.80 Å². The lowest BCUT2D eigenvalue weighted by Gasteiger charge is -2.39. The lowest BCUT2D eigenvalue weighted by molar-refractivity contribution is -0.0464. The maximum atomic E-state index is 13.4. The third-order valence-corrected chi connectivity index (χ3v) is 6.65. The van der Waals surface area contributed by atoms with Crippen molar-refractivity contribution in [1.82, 2.24) is 14.8 Å². The molecule has 1 aliphatic carbocycles. The highest BCUT2D eigenvalue weighted by molar-refractivity contribution is 5.91. The van der Waals surface area contributed by atoms with Crippen LogP contribution in [0.2, 0.25) is 0 Å². The molecule has 0 spiro atoms. The average Bonchev–Trinajstić information content (AvgIpc) is 3.28. The zero-order valence-corrected chi connectivity index (χ0v) is 17.2. The number of carbonyl (C=O) groups excluding carboxylic acids is 1. The fraction of sp³-hybridized carbons (Fsp3) is 0.714. The van der Waals surface area contributed by atoms with Crippen LogP contribution in [0.3, 0.4) is 0 Å². The summed E-state index contributed by atoms with van der Waals surface area (Å²) < 4.78 is 26.8. The number of amides is 2.